The summed E-state index contributed by atoms with van der Waals surface area (Å²) in [4.78, 5) is 4.26. The van der Waals surface area contributed by atoms with Crippen LogP contribution in [-0.2, 0) is 23.1 Å². The van der Waals surface area contributed by atoms with E-state index in [4.69, 9.17) is 5.73 Å². The van der Waals surface area contributed by atoms with Gasteiger partial charge in [0, 0.05) is 24.5 Å². The van der Waals surface area contributed by atoms with E-state index in [-0.39, 0.29) is 23.5 Å². The third-order valence-corrected chi connectivity index (χ3v) is 5.62. The van der Waals surface area contributed by atoms with Crippen LogP contribution in [0.5, 0.6) is 0 Å². The Labute approximate surface area is 127 Å². The van der Waals surface area contributed by atoms with Gasteiger partial charge >= 0.3 is 0 Å². The Morgan fingerprint density at radius 3 is 2.71 bits per heavy atom. The predicted octanol–water partition coefficient (Wildman–Crippen LogP) is 1.87. The van der Waals surface area contributed by atoms with Crippen molar-refractivity contribution in [2.75, 3.05) is 7.05 Å². The Morgan fingerprint density at radius 1 is 1.43 bits per heavy atom. The van der Waals surface area contributed by atoms with Crippen molar-refractivity contribution in [2.45, 2.75) is 24.9 Å². The minimum atomic E-state index is -3.70. The highest BCUT2D eigenvalue weighted by Crippen LogP contribution is 2.20. The maximum atomic E-state index is 13.4. The minimum absolute atomic E-state index is 0.0267. The molecule has 1 aromatic heterocycles. The highest BCUT2D eigenvalue weighted by molar-refractivity contribution is 7.89. The molecule has 0 amide bonds. The highest BCUT2D eigenvalue weighted by atomic mass is 32.2. The van der Waals surface area contributed by atoms with Gasteiger partial charge in [-0.15, -0.1) is 11.3 Å². The van der Waals surface area contributed by atoms with E-state index in [9.17, 15) is 12.8 Å². The molecule has 21 heavy (non-hydrogen) atoms. The smallest absolute Gasteiger partial charge is 0.243 e. The summed E-state index contributed by atoms with van der Waals surface area (Å²) in [5.41, 5.74) is 6.27. The molecule has 0 aliphatic heterocycles. The summed E-state index contributed by atoms with van der Waals surface area (Å²) in [7, 11) is -2.23. The number of hydrogen-bond donors (Lipinski definition) is 1. The largest absolute Gasteiger partial charge is 0.326 e. The molecule has 0 aliphatic rings. The van der Waals surface area contributed by atoms with E-state index < -0.39 is 15.8 Å². The molecule has 1 aromatic carbocycles. The monoisotopic (exact) mass is 329 g/mol. The summed E-state index contributed by atoms with van der Waals surface area (Å²) in [6, 6.07) is 3.63. The molecule has 0 unspecified atom stereocenters. The van der Waals surface area contributed by atoms with Gasteiger partial charge in [-0.1, -0.05) is 0 Å². The van der Waals surface area contributed by atoms with Crippen molar-refractivity contribution in [2.24, 2.45) is 5.73 Å². The molecule has 2 aromatic rings. The van der Waals surface area contributed by atoms with Crippen molar-refractivity contribution in [1.82, 2.24) is 9.29 Å². The molecule has 0 saturated carbocycles. The summed E-state index contributed by atoms with van der Waals surface area (Å²) in [5.74, 6) is -0.505. The summed E-state index contributed by atoms with van der Waals surface area (Å²) < 4.78 is 39.5. The van der Waals surface area contributed by atoms with Crippen LogP contribution in [0.15, 0.2) is 28.5 Å². The fraction of sp³-hybridized carbons (Fsp3) is 0.308. The molecule has 1 heterocycles. The Hall–Kier alpha value is -1.35. The van der Waals surface area contributed by atoms with Gasteiger partial charge in [0.1, 0.15) is 5.82 Å². The maximum Gasteiger partial charge on any atom is 0.243 e. The van der Waals surface area contributed by atoms with E-state index in [1.54, 1.807) is 0 Å². The molecule has 0 atom stereocenters. The Bertz CT molecular complexity index is 744. The van der Waals surface area contributed by atoms with Gasteiger partial charge in [0.05, 0.1) is 22.1 Å². The summed E-state index contributed by atoms with van der Waals surface area (Å²) in [5, 5.41) is 2.69. The van der Waals surface area contributed by atoms with Crippen molar-refractivity contribution in [3.8, 4) is 0 Å². The van der Waals surface area contributed by atoms with Crippen LogP contribution in [0, 0.1) is 12.7 Å². The number of thiazole rings is 1. The van der Waals surface area contributed by atoms with E-state index in [2.05, 4.69) is 4.98 Å². The van der Waals surface area contributed by atoms with E-state index in [0.29, 0.717) is 5.69 Å². The third-order valence-electron chi connectivity index (χ3n) is 3.00. The number of hydrogen-bond acceptors (Lipinski definition) is 5. The average molecular weight is 329 g/mol. The Balaban J connectivity index is 2.28. The molecule has 0 aliphatic carbocycles. The number of rotatable bonds is 5. The predicted molar refractivity (Wildman–Crippen MR) is 79.8 cm³/mol. The van der Waals surface area contributed by atoms with Crippen molar-refractivity contribution >= 4 is 21.4 Å². The van der Waals surface area contributed by atoms with Crippen LogP contribution in [0.2, 0.25) is 0 Å². The molecule has 0 spiro atoms. The van der Waals surface area contributed by atoms with Crippen LogP contribution in [0.1, 0.15) is 16.3 Å². The number of aromatic nitrogens is 1. The maximum absolute atomic E-state index is 13.4. The van der Waals surface area contributed by atoms with Crippen molar-refractivity contribution in [1.29, 1.82) is 0 Å². The number of nitrogens with two attached hydrogens (primary N) is 1. The SMILES string of the molecule is Cc1nc(CN(C)S(=O)(=O)c2ccc(F)c(CN)c2)cs1. The van der Waals surface area contributed by atoms with Crippen molar-refractivity contribution in [3.63, 3.8) is 0 Å². The fourth-order valence-electron chi connectivity index (χ4n) is 1.84. The average Bonchev–Trinajstić information content (AvgIpc) is 2.84. The van der Waals surface area contributed by atoms with Crippen LogP contribution < -0.4 is 5.73 Å². The second kappa shape index (κ2) is 6.18. The highest BCUT2D eigenvalue weighted by Gasteiger charge is 2.22. The molecule has 5 nitrogen and oxygen atoms in total. The lowest BCUT2D eigenvalue weighted by molar-refractivity contribution is 0.462. The van der Waals surface area contributed by atoms with Crippen LogP contribution >= 0.6 is 11.3 Å². The first-order valence-corrected chi connectivity index (χ1v) is 8.52. The standard InChI is InChI=1S/C13H16FN3O2S2/c1-9-16-11(8-20-9)7-17(2)21(18,19)12-3-4-13(14)10(5-12)6-15/h3-5,8H,6-7,15H2,1-2H3. The first-order valence-electron chi connectivity index (χ1n) is 6.20. The first kappa shape index (κ1) is 16.0. The summed E-state index contributed by atoms with van der Waals surface area (Å²) in [6.07, 6.45) is 0. The number of benzene rings is 1. The molecule has 2 rings (SSSR count). The van der Waals surface area contributed by atoms with Crippen molar-refractivity contribution in [3.05, 3.63) is 45.7 Å². The second-order valence-corrected chi connectivity index (χ2v) is 7.68. The van der Waals surface area contributed by atoms with Gasteiger partial charge in [0.25, 0.3) is 0 Å². The fourth-order valence-corrected chi connectivity index (χ4v) is 3.64. The van der Waals surface area contributed by atoms with E-state index in [0.717, 1.165) is 11.1 Å². The third kappa shape index (κ3) is 3.46. The molecular formula is C13H16FN3O2S2. The lowest BCUT2D eigenvalue weighted by Crippen LogP contribution is -2.27. The van der Waals surface area contributed by atoms with Gasteiger partial charge in [0.2, 0.25) is 10.0 Å². The zero-order valence-corrected chi connectivity index (χ0v) is 13.3. The van der Waals surface area contributed by atoms with Crippen molar-refractivity contribution < 1.29 is 12.8 Å². The molecule has 2 N–H and O–H groups in total. The molecule has 0 saturated heterocycles. The lowest BCUT2D eigenvalue weighted by Gasteiger charge is -2.16. The van der Waals surface area contributed by atoms with Gasteiger partial charge in [-0.3, -0.25) is 0 Å². The topological polar surface area (TPSA) is 76.3 Å². The minimum Gasteiger partial charge on any atom is -0.326 e. The number of nitrogens with zero attached hydrogens (tertiary/aromatic N) is 2. The first-order chi connectivity index (χ1) is 9.84. The number of aryl methyl sites for hydroxylation is 1. The van der Waals surface area contributed by atoms with Crippen LogP contribution in [0.25, 0.3) is 0 Å². The van der Waals surface area contributed by atoms with Gasteiger partial charge in [-0.25, -0.2) is 17.8 Å². The number of sulfonamides is 1. The lowest BCUT2D eigenvalue weighted by atomic mass is 10.2. The van der Waals surface area contributed by atoms with Crippen LogP contribution in [0.4, 0.5) is 4.39 Å². The molecule has 0 bridgehead atoms. The molecule has 0 radical (unpaired) electrons. The molecule has 0 fully saturated rings. The van der Waals surface area contributed by atoms with Gasteiger partial charge in [-0.05, 0) is 25.1 Å². The van der Waals surface area contributed by atoms with Crippen LogP contribution in [0.3, 0.4) is 0 Å². The molecular weight excluding hydrogens is 313 g/mol. The second-order valence-electron chi connectivity index (χ2n) is 4.58. The van der Waals surface area contributed by atoms with E-state index >= 15 is 0 Å². The zero-order chi connectivity index (χ0) is 15.6. The van der Waals surface area contributed by atoms with Crippen LogP contribution in [-0.4, -0.2) is 24.8 Å². The summed E-state index contributed by atoms with van der Waals surface area (Å²) >= 11 is 1.46. The molecule has 114 valence electrons. The quantitative estimate of drug-likeness (QED) is 0.908. The Kier molecular flexibility index (Phi) is 4.72. The summed E-state index contributed by atoms with van der Waals surface area (Å²) in [6.45, 7) is 1.97. The number of halogens is 1. The van der Waals surface area contributed by atoms with E-state index in [1.807, 2.05) is 12.3 Å². The Morgan fingerprint density at radius 2 is 2.14 bits per heavy atom. The zero-order valence-electron chi connectivity index (χ0n) is 11.7. The normalized spacial score (nSPS) is 12.0. The van der Waals surface area contributed by atoms with Gasteiger partial charge in [-0.2, -0.15) is 4.31 Å². The van der Waals surface area contributed by atoms with Gasteiger partial charge < -0.3 is 5.73 Å². The van der Waals surface area contributed by atoms with Gasteiger partial charge in [0.15, 0.2) is 0 Å². The molecule has 8 heteroatoms. The van der Waals surface area contributed by atoms with E-state index in [1.165, 1.54) is 34.8 Å².